The minimum absolute atomic E-state index is 0.0902. The van der Waals surface area contributed by atoms with Crippen LogP contribution in [0.5, 0.6) is 0 Å². The Morgan fingerprint density at radius 3 is 2.50 bits per heavy atom. The summed E-state index contributed by atoms with van der Waals surface area (Å²) in [6, 6.07) is 0.342. The molecule has 0 fully saturated rings. The number of unbranched alkanes of at least 4 members (excludes halogenated alkanes) is 2. The lowest BCUT2D eigenvalue weighted by atomic mass is 10.1. The molecule has 1 N–H and O–H groups in total. The van der Waals surface area contributed by atoms with Crippen LogP contribution in [0.3, 0.4) is 0 Å². The molecular weight excluding hydrogens is 194 g/mol. The maximum atomic E-state index is 11.0. The number of hydrogen-bond donors (Lipinski definition) is 1. The number of nitrogens with one attached hydrogen (secondary N) is 1. The average Bonchev–Trinajstić information content (AvgIpc) is 2.15. The van der Waals surface area contributed by atoms with Crippen molar-refractivity contribution in [3.8, 4) is 0 Å². The van der Waals surface area contributed by atoms with Gasteiger partial charge in [0.15, 0.2) is 0 Å². The minimum atomic E-state index is 0.0902. The monoisotopic (exact) mass is 217 g/mol. The van der Waals surface area contributed by atoms with Gasteiger partial charge in [0.25, 0.3) is 0 Å². The van der Waals surface area contributed by atoms with Gasteiger partial charge in [0.1, 0.15) is 0 Å². The van der Waals surface area contributed by atoms with Crippen LogP contribution >= 0.6 is 11.8 Å². The summed E-state index contributed by atoms with van der Waals surface area (Å²) in [7, 11) is 0. The van der Waals surface area contributed by atoms with E-state index in [1.54, 1.807) is 6.92 Å². The van der Waals surface area contributed by atoms with Gasteiger partial charge in [-0.1, -0.05) is 33.1 Å². The van der Waals surface area contributed by atoms with Gasteiger partial charge in [-0.15, -0.1) is 0 Å². The van der Waals surface area contributed by atoms with E-state index in [9.17, 15) is 4.79 Å². The molecule has 3 heteroatoms. The molecule has 0 aromatic heterocycles. The standard InChI is InChI=1S/C11H23NOS/c1-5-6-7-8-11(9(2)14-4)12-10(3)13/h9,11H,5-8H2,1-4H3,(H,12,13). The molecule has 0 aromatic carbocycles. The lowest BCUT2D eigenvalue weighted by Crippen LogP contribution is -2.39. The van der Waals surface area contributed by atoms with E-state index in [2.05, 4.69) is 25.4 Å². The van der Waals surface area contributed by atoms with E-state index in [1.807, 2.05) is 11.8 Å². The summed E-state index contributed by atoms with van der Waals surface area (Å²) in [5, 5.41) is 3.54. The smallest absolute Gasteiger partial charge is 0.217 e. The second-order valence-electron chi connectivity index (χ2n) is 3.74. The van der Waals surface area contributed by atoms with Crippen LogP contribution < -0.4 is 5.32 Å². The Kier molecular flexibility index (Phi) is 8.05. The SMILES string of the molecule is CCCCCC(NC(C)=O)C(C)SC. The van der Waals surface area contributed by atoms with Gasteiger partial charge in [0.05, 0.1) is 0 Å². The Balaban J connectivity index is 3.90. The second-order valence-corrected chi connectivity index (χ2v) is 4.96. The van der Waals surface area contributed by atoms with Crippen LogP contribution in [0.4, 0.5) is 0 Å². The van der Waals surface area contributed by atoms with Crippen molar-refractivity contribution in [2.24, 2.45) is 0 Å². The van der Waals surface area contributed by atoms with E-state index < -0.39 is 0 Å². The molecule has 0 rings (SSSR count). The summed E-state index contributed by atoms with van der Waals surface area (Å²) in [5.41, 5.74) is 0. The van der Waals surface area contributed by atoms with Crippen LogP contribution in [-0.2, 0) is 4.79 Å². The van der Waals surface area contributed by atoms with Gasteiger partial charge in [-0.3, -0.25) is 4.79 Å². The number of thioether (sulfide) groups is 1. The van der Waals surface area contributed by atoms with Crippen molar-refractivity contribution in [1.82, 2.24) is 5.32 Å². The Morgan fingerprint density at radius 1 is 1.43 bits per heavy atom. The molecule has 0 heterocycles. The predicted octanol–water partition coefficient (Wildman–Crippen LogP) is 2.82. The lowest BCUT2D eigenvalue weighted by Gasteiger charge is -2.23. The molecule has 0 saturated carbocycles. The van der Waals surface area contributed by atoms with Crippen molar-refractivity contribution < 1.29 is 4.79 Å². The summed E-state index contributed by atoms with van der Waals surface area (Å²) in [6.07, 6.45) is 6.92. The molecule has 0 aliphatic carbocycles. The van der Waals surface area contributed by atoms with E-state index in [4.69, 9.17) is 0 Å². The fraction of sp³-hybridized carbons (Fsp3) is 0.909. The first-order valence-corrected chi connectivity index (χ1v) is 6.70. The Morgan fingerprint density at radius 2 is 2.07 bits per heavy atom. The number of hydrogen-bond acceptors (Lipinski definition) is 2. The van der Waals surface area contributed by atoms with Crippen LogP contribution in [0.25, 0.3) is 0 Å². The highest BCUT2D eigenvalue weighted by Gasteiger charge is 2.16. The zero-order chi connectivity index (χ0) is 11.0. The molecule has 2 unspecified atom stereocenters. The van der Waals surface area contributed by atoms with E-state index in [0.29, 0.717) is 11.3 Å². The van der Waals surface area contributed by atoms with Crippen molar-refractivity contribution in [3.63, 3.8) is 0 Å². The molecule has 0 bridgehead atoms. The van der Waals surface area contributed by atoms with E-state index >= 15 is 0 Å². The summed E-state index contributed by atoms with van der Waals surface area (Å²) in [5.74, 6) is 0.0902. The maximum absolute atomic E-state index is 11.0. The highest BCUT2D eigenvalue weighted by Crippen LogP contribution is 2.15. The van der Waals surface area contributed by atoms with Gasteiger partial charge in [-0.2, -0.15) is 11.8 Å². The molecule has 0 spiro atoms. The summed E-state index contributed by atoms with van der Waals surface area (Å²) in [4.78, 5) is 11.0. The van der Waals surface area contributed by atoms with Gasteiger partial charge in [-0.25, -0.2) is 0 Å². The minimum Gasteiger partial charge on any atom is -0.353 e. The topological polar surface area (TPSA) is 29.1 Å². The number of carbonyl (C=O) groups excluding carboxylic acids is 1. The molecule has 1 amide bonds. The van der Waals surface area contributed by atoms with Crippen molar-refractivity contribution >= 4 is 17.7 Å². The maximum Gasteiger partial charge on any atom is 0.217 e. The van der Waals surface area contributed by atoms with Crippen LogP contribution in [0, 0.1) is 0 Å². The van der Waals surface area contributed by atoms with E-state index in [-0.39, 0.29) is 5.91 Å². The largest absolute Gasteiger partial charge is 0.353 e. The number of rotatable bonds is 7. The van der Waals surface area contributed by atoms with Crippen LogP contribution in [0.2, 0.25) is 0 Å². The highest BCUT2D eigenvalue weighted by molar-refractivity contribution is 7.99. The van der Waals surface area contributed by atoms with Gasteiger partial charge < -0.3 is 5.32 Å². The van der Waals surface area contributed by atoms with Crippen LogP contribution in [-0.4, -0.2) is 23.5 Å². The zero-order valence-electron chi connectivity index (χ0n) is 9.80. The van der Waals surface area contributed by atoms with Crippen molar-refractivity contribution in [2.45, 2.75) is 57.7 Å². The van der Waals surface area contributed by atoms with Gasteiger partial charge in [-0.05, 0) is 12.7 Å². The number of carbonyl (C=O) groups is 1. The summed E-state index contributed by atoms with van der Waals surface area (Å²) >= 11 is 1.82. The Labute approximate surface area is 92.2 Å². The molecule has 0 aliphatic rings. The van der Waals surface area contributed by atoms with Crippen molar-refractivity contribution in [1.29, 1.82) is 0 Å². The molecule has 2 atom stereocenters. The summed E-state index contributed by atoms with van der Waals surface area (Å²) < 4.78 is 0. The first-order chi connectivity index (χ1) is 6.61. The first kappa shape index (κ1) is 13.8. The second kappa shape index (κ2) is 8.16. The molecule has 0 aromatic rings. The quantitative estimate of drug-likeness (QED) is 0.664. The molecular formula is C11H23NOS. The normalized spacial score (nSPS) is 14.9. The predicted molar refractivity (Wildman–Crippen MR) is 64.7 cm³/mol. The fourth-order valence-corrected chi connectivity index (χ4v) is 2.00. The molecule has 84 valence electrons. The third kappa shape index (κ3) is 6.30. The Bertz CT molecular complexity index is 161. The first-order valence-electron chi connectivity index (χ1n) is 5.41. The van der Waals surface area contributed by atoms with Crippen molar-refractivity contribution in [3.05, 3.63) is 0 Å². The van der Waals surface area contributed by atoms with E-state index in [0.717, 1.165) is 6.42 Å². The highest BCUT2D eigenvalue weighted by atomic mass is 32.2. The lowest BCUT2D eigenvalue weighted by molar-refractivity contribution is -0.119. The molecule has 0 aliphatic heterocycles. The van der Waals surface area contributed by atoms with Crippen LogP contribution in [0.15, 0.2) is 0 Å². The summed E-state index contributed by atoms with van der Waals surface area (Å²) in [6.45, 7) is 5.97. The molecule has 0 radical (unpaired) electrons. The molecule has 2 nitrogen and oxygen atoms in total. The number of amides is 1. The van der Waals surface area contributed by atoms with Gasteiger partial charge in [0, 0.05) is 18.2 Å². The Hall–Kier alpha value is -0.180. The van der Waals surface area contributed by atoms with E-state index in [1.165, 1.54) is 19.3 Å². The molecule has 14 heavy (non-hydrogen) atoms. The third-order valence-corrected chi connectivity index (χ3v) is 3.52. The average molecular weight is 217 g/mol. The van der Waals surface area contributed by atoms with Gasteiger partial charge >= 0.3 is 0 Å². The third-order valence-electron chi connectivity index (χ3n) is 2.45. The van der Waals surface area contributed by atoms with Gasteiger partial charge in [0.2, 0.25) is 5.91 Å². The zero-order valence-corrected chi connectivity index (χ0v) is 10.6. The fourth-order valence-electron chi connectivity index (χ4n) is 1.46. The van der Waals surface area contributed by atoms with Crippen molar-refractivity contribution in [2.75, 3.05) is 6.26 Å². The van der Waals surface area contributed by atoms with Crippen LogP contribution in [0.1, 0.15) is 46.5 Å². The molecule has 0 saturated heterocycles.